The van der Waals surface area contributed by atoms with E-state index in [1.807, 2.05) is 0 Å². The summed E-state index contributed by atoms with van der Waals surface area (Å²) >= 11 is 2.66. The van der Waals surface area contributed by atoms with E-state index in [2.05, 4.69) is 22.9 Å². The Hall–Kier alpha value is 0.519. The van der Waals surface area contributed by atoms with Gasteiger partial charge in [-0.05, 0) is 0 Å². The molecule has 0 saturated heterocycles. The van der Waals surface area contributed by atoms with E-state index < -0.39 is 0 Å². The normalized spacial score (nSPS) is 10.4. The van der Waals surface area contributed by atoms with Gasteiger partial charge in [-0.1, -0.05) is 0 Å². The molecule has 0 atom stereocenters. The molecule has 0 aliphatic rings. The van der Waals surface area contributed by atoms with Crippen molar-refractivity contribution in [3.05, 3.63) is 6.92 Å². The summed E-state index contributed by atoms with van der Waals surface area (Å²) in [5.74, 6) is 0. The van der Waals surface area contributed by atoms with Crippen LogP contribution in [0.15, 0.2) is 0 Å². The van der Waals surface area contributed by atoms with E-state index in [-0.39, 0.29) is 0 Å². The van der Waals surface area contributed by atoms with Gasteiger partial charge in [0, 0.05) is 0 Å². The SMILES string of the molecule is [CH2]CCCCCCCCC[SeH]. The van der Waals surface area contributed by atoms with Crippen LogP contribution in [0.2, 0.25) is 5.32 Å². The van der Waals surface area contributed by atoms with Gasteiger partial charge in [-0.3, -0.25) is 0 Å². The second-order valence-corrected chi connectivity index (χ2v) is 3.99. The van der Waals surface area contributed by atoms with E-state index in [9.17, 15) is 0 Å². The average molecular weight is 220 g/mol. The Bertz CT molecular complexity index is 53.9. The summed E-state index contributed by atoms with van der Waals surface area (Å²) in [4.78, 5) is 0. The quantitative estimate of drug-likeness (QED) is 0.435. The molecule has 0 aromatic rings. The molecule has 0 rings (SSSR count). The zero-order valence-corrected chi connectivity index (χ0v) is 9.39. The molecule has 0 aliphatic heterocycles. The van der Waals surface area contributed by atoms with Gasteiger partial charge < -0.3 is 0 Å². The third-order valence-electron chi connectivity index (χ3n) is 1.91. The van der Waals surface area contributed by atoms with Crippen LogP contribution >= 0.6 is 0 Å². The molecule has 1 radical (unpaired) electrons. The molecule has 67 valence electrons. The molecule has 0 fully saturated rings. The number of hydrogen-bond acceptors (Lipinski definition) is 0. The molecular formula is C10H21Se. The van der Waals surface area contributed by atoms with E-state index in [4.69, 9.17) is 0 Å². The van der Waals surface area contributed by atoms with Crippen LogP contribution in [0.4, 0.5) is 0 Å². The van der Waals surface area contributed by atoms with Crippen molar-refractivity contribution < 1.29 is 0 Å². The van der Waals surface area contributed by atoms with Gasteiger partial charge in [-0.2, -0.15) is 0 Å². The number of unbranched alkanes of at least 4 members (excludes halogenated alkanes) is 7. The van der Waals surface area contributed by atoms with Gasteiger partial charge in [-0.25, -0.2) is 0 Å². The Morgan fingerprint density at radius 2 is 1.18 bits per heavy atom. The molecule has 0 nitrogen and oxygen atoms in total. The molecule has 0 amide bonds. The molecule has 0 saturated carbocycles. The molecule has 0 bridgehead atoms. The fraction of sp³-hybridized carbons (Fsp3) is 0.900. The van der Waals surface area contributed by atoms with E-state index in [0.717, 1.165) is 6.42 Å². The van der Waals surface area contributed by atoms with Crippen LogP contribution in [-0.2, 0) is 0 Å². The number of rotatable bonds is 8. The van der Waals surface area contributed by atoms with Crippen LogP contribution in [0.1, 0.15) is 51.4 Å². The summed E-state index contributed by atoms with van der Waals surface area (Å²) in [7, 11) is 0. The molecule has 0 aromatic carbocycles. The van der Waals surface area contributed by atoms with Crippen LogP contribution in [-0.4, -0.2) is 16.0 Å². The Labute approximate surface area is 80.0 Å². The topological polar surface area (TPSA) is 0 Å². The van der Waals surface area contributed by atoms with Crippen LogP contribution in [0.25, 0.3) is 0 Å². The molecule has 0 N–H and O–H groups in total. The Morgan fingerprint density at radius 1 is 0.727 bits per heavy atom. The van der Waals surface area contributed by atoms with Crippen LogP contribution in [0.3, 0.4) is 0 Å². The minimum atomic E-state index is 1.12. The minimum absolute atomic E-state index is 1.12. The maximum atomic E-state index is 3.83. The van der Waals surface area contributed by atoms with Gasteiger partial charge in [0.15, 0.2) is 0 Å². The second kappa shape index (κ2) is 10.5. The van der Waals surface area contributed by atoms with Crippen molar-refractivity contribution in [2.75, 3.05) is 0 Å². The van der Waals surface area contributed by atoms with Crippen molar-refractivity contribution >= 4 is 16.0 Å². The second-order valence-electron chi connectivity index (χ2n) is 3.05. The first kappa shape index (κ1) is 11.5. The van der Waals surface area contributed by atoms with Crippen molar-refractivity contribution in [1.29, 1.82) is 0 Å². The number of hydrogen-bond donors (Lipinski definition) is 0. The fourth-order valence-electron chi connectivity index (χ4n) is 1.17. The molecule has 0 spiro atoms. The Kier molecular flexibility index (Phi) is 11.0. The van der Waals surface area contributed by atoms with Crippen LogP contribution < -0.4 is 0 Å². The Morgan fingerprint density at radius 3 is 1.64 bits per heavy atom. The summed E-state index contributed by atoms with van der Waals surface area (Å²) < 4.78 is 0. The molecular weight excluding hydrogens is 199 g/mol. The average Bonchev–Trinajstić information content (AvgIpc) is 2.03. The fourth-order valence-corrected chi connectivity index (χ4v) is 1.64. The third-order valence-corrected chi connectivity index (χ3v) is 2.57. The van der Waals surface area contributed by atoms with Crippen molar-refractivity contribution in [3.8, 4) is 0 Å². The maximum absolute atomic E-state index is 3.83. The predicted octanol–water partition coefficient (Wildman–Crippen LogP) is 3.26. The van der Waals surface area contributed by atoms with E-state index in [0.29, 0.717) is 0 Å². The predicted molar refractivity (Wildman–Crippen MR) is 54.2 cm³/mol. The first-order valence-corrected chi connectivity index (χ1v) is 6.14. The van der Waals surface area contributed by atoms with E-state index in [1.165, 1.54) is 50.3 Å². The Balaban J connectivity index is 2.69. The van der Waals surface area contributed by atoms with Crippen molar-refractivity contribution in [3.63, 3.8) is 0 Å². The van der Waals surface area contributed by atoms with E-state index >= 15 is 0 Å². The zero-order valence-electron chi connectivity index (χ0n) is 7.52. The zero-order chi connectivity index (χ0) is 8.36. The first-order valence-electron chi connectivity index (χ1n) is 4.82. The summed E-state index contributed by atoms with van der Waals surface area (Å²) in [6.07, 6.45) is 11.0. The molecule has 1 heteroatoms. The van der Waals surface area contributed by atoms with Crippen molar-refractivity contribution in [2.45, 2.75) is 56.7 Å². The summed E-state index contributed by atoms with van der Waals surface area (Å²) in [6, 6.07) is 0. The van der Waals surface area contributed by atoms with Crippen LogP contribution in [0, 0.1) is 6.92 Å². The third kappa shape index (κ3) is 10.5. The first-order chi connectivity index (χ1) is 5.41. The molecule has 11 heavy (non-hydrogen) atoms. The molecule has 0 unspecified atom stereocenters. The summed E-state index contributed by atoms with van der Waals surface area (Å²) in [5.41, 5.74) is 0. The molecule has 0 aromatic heterocycles. The van der Waals surface area contributed by atoms with Gasteiger partial charge in [0.1, 0.15) is 0 Å². The van der Waals surface area contributed by atoms with E-state index in [1.54, 1.807) is 0 Å². The van der Waals surface area contributed by atoms with Gasteiger partial charge >= 0.3 is 79.6 Å². The van der Waals surface area contributed by atoms with Gasteiger partial charge in [0.25, 0.3) is 0 Å². The van der Waals surface area contributed by atoms with Crippen molar-refractivity contribution in [2.24, 2.45) is 0 Å². The summed E-state index contributed by atoms with van der Waals surface area (Å²) in [6.45, 7) is 3.83. The van der Waals surface area contributed by atoms with Crippen molar-refractivity contribution in [1.82, 2.24) is 0 Å². The standard InChI is InChI=1S/C10H21Se/c1-2-3-4-5-6-7-8-9-10-11/h11H,1-10H2. The van der Waals surface area contributed by atoms with Crippen LogP contribution in [0.5, 0.6) is 0 Å². The molecule has 0 aliphatic carbocycles. The monoisotopic (exact) mass is 221 g/mol. The van der Waals surface area contributed by atoms with Gasteiger partial charge in [0.05, 0.1) is 0 Å². The van der Waals surface area contributed by atoms with Gasteiger partial charge in [-0.15, -0.1) is 0 Å². The summed E-state index contributed by atoms with van der Waals surface area (Å²) in [5, 5.41) is 1.30. The van der Waals surface area contributed by atoms with Gasteiger partial charge in [0.2, 0.25) is 0 Å². The molecule has 0 heterocycles.